The van der Waals surface area contributed by atoms with Crippen LogP contribution in [0, 0.1) is 6.92 Å². The fraction of sp³-hybridized carbons (Fsp3) is 0.273. The number of morpholine rings is 1. The standard InChI is InChI=1S/C22H24ClN5O3S/c1-16-13-21(28-9-11-31-12-10-28)26-22(24-16)25-19-5-7-20(8-6-19)27-32(29,30)15-17-3-2-4-18(23)14-17/h2-8,13-14,27H,9-12,15H2,1H3,(H,24,25,26). The van der Waals surface area contributed by atoms with E-state index in [2.05, 4.69) is 24.9 Å². The summed E-state index contributed by atoms with van der Waals surface area (Å²) in [6.45, 7) is 4.87. The normalized spacial score (nSPS) is 14.2. The molecular weight excluding hydrogens is 450 g/mol. The highest BCUT2D eigenvalue weighted by Crippen LogP contribution is 2.22. The summed E-state index contributed by atoms with van der Waals surface area (Å²) < 4.78 is 33.0. The van der Waals surface area contributed by atoms with Gasteiger partial charge in [-0.05, 0) is 48.9 Å². The van der Waals surface area contributed by atoms with E-state index in [0.29, 0.717) is 35.4 Å². The van der Waals surface area contributed by atoms with Crippen LogP contribution in [-0.2, 0) is 20.5 Å². The van der Waals surface area contributed by atoms with E-state index < -0.39 is 10.0 Å². The van der Waals surface area contributed by atoms with E-state index in [4.69, 9.17) is 16.3 Å². The molecule has 0 unspecified atom stereocenters. The van der Waals surface area contributed by atoms with Crippen LogP contribution in [-0.4, -0.2) is 44.7 Å². The maximum Gasteiger partial charge on any atom is 0.236 e. The molecule has 32 heavy (non-hydrogen) atoms. The smallest absolute Gasteiger partial charge is 0.236 e. The average molecular weight is 474 g/mol. The Morgan fingerprint density at radius 2 is 1.75 bits per heavy atom. The largest absolute Gasteiger partial charge is 0.378 e. The van der Waals surface area contributed by atoms with Gasteiger partial charge in [0.25, 0.3) is 0 Å². The van der Waals surface area contributed by atoms with E-state index in [1.165, 1.54) is 0 Å². The quantitative estimate of drug-likeness (QED) is 0.536. The summed E-state index contributed by atoms with van der Waals surface area (Å²) in [5, 5.41) is 3.69. The molecule has 0 atom stereocenters. The van der Waals surface area contributed by atoms with E-state index >= 15 is 0 Å². The molecule has 8 nitrogen and oxygen atoms in total. The van der Waals surface area contributed by atoms with E-state index in [9.17, 15) is 8.42 Å². The molecule has 0 radical (unpaired) electrons. The highest BCUT2D eigenvalue weighted by Gasteiger charge is 2.15. The third kappa shape index (κ3) is 6.09. The number of rotatable bonds is 7. The molecule has 168 valence electrons. The van der Waals surface area contributed by atoms with Gasteiger partial charge < -0.3 is 15.0 Å². The molecule has 0 aliphatic carbocycles. The molecule has 3 aromatic rings. The van der Waals surface area contributed by atoms with Crippen LogP contribution in [0.1, 0.15) is 11.3 Å². The van der Waals surface area contributed by atoms with Crippen LogP contribution in [0.25, 0.3) is 0 Å². The molecule has 2 N–H and O–H groups in total. The molecule has 10 heteroatoms. The fourth-order valence-electron chi connectivity index (χ4n) is 3.37. The molecule has 2 heterocycles. The van der Waals surface area contributed by atoms with Crippen LogP contribution >= 0.6 is 11.6 Å². The summed E-state index contributed by atoms with van der Waals surface area (Å²) in [7, 11) is -3.57. The lowest BCUT2D eigenvalue weighted by atomic mass is 10.2. The Hall–Kier alpha value is -2.88. The molecule has 1 saturated heterocycles. The van der Waals surface area contributed by atoms with E-state index in [1.807, 2.05) is 13.0 Å². The van der Waals surface area contributed by atoms with E-state index in [1.54, 1.807) is 48.5 Å². The molecule has 1 fully saturated rings. The number of halogens is 1. The van der Waals surface area contributed by atoms with Gasteiger partial charge in [-0.25, -0.2) is 13.4 Å². The van der Waals surface area contributed by atoms with Crippen molar-refractivity contribution in [3.8, 4) is 0 Å². The molecule has 1 aromatic heterocycles. The first-order valence-corrected chi connectivity index (χ1v) is 12.2. The summed E-state index contributed by atoms with van der Waals surface area (Å²) in [6, 6.07) is 15.7. The maximum atomic E-state index is 12.5. The highest BCUT2D eigenvalue weighted by atomic mass is 35.5. The van der Waals surface area contributed by atoms with Gasteiger partial charge >= 0.3 is 0 Å². The SMILES string of the molecule is Cc1cc(N2CCOCC2)nc(Nc2ccc(NS(=O)(=O)Cc3cccc(Cl)c3)cc2)n1. The zero-order chi connectivity index (χ0) is 22.6. The number of aryl methyl sites for hydroxylation is 1. The van der Waals surface area contributed by atoms with Crippen molar-refractivity contribution >= 4 is 44.8 Å². The second kappa shape index (κ2) is 9.72. The Morgan fingerprint density at radius 3 is 2.47 bits per heavy atom. The average Bonchev–Trinajstić information content (AvgIpc) is 2.75. The number of anilines is 4. The molecule has 0 amide bonds. The minimum Gasteiger partial charge on any atom is -0.378 e. The first kappa shape index (κ1) is 22.3. The second-order valence-corrected chi connectivity index (χ2v) is 9.64. The number of nitrogens with zero attached hydrogens (tertiary/aromatic N) is 3. The van der Waals surface area contributed by atoms with Gasteiger partial charge in [0.2, 0.25) is 16.0 Å². The predicted octanol–water partition coefficient (Wildman–Crippen LogP) is 3.96. The number of ether oxygens (including phenoxy) is 1. The van der Waals surface area contributed by atoms with Gasteiger partial charge in [0.1, 0.15) is 5.82 Å². The number of hydrogen-bond donors (Lipinski definition) is 2. The van der Waals surface area contributed by atoms with Crippen LogP contribution in [0.15, 0.2) is 54.6 Å². The highest BCUT2D eigenvalue weighted by molar-refractivity contribution is 7.91. The van der Waals surface area contributed by atoms with Gasteiger partial charge in [0, 0.05) is 41.2 Å². The second-order valence-electron chi connectivity index (χ2n) is 7.48. The minimum atomic E-state index is -3.57. The minimum absolute atomic E-state index is 0.158. The van der Waals surface area contributed by atoms with E-state index in [-0.39, 0.29) is 5.75 Å². The Balaban J connectivity index is 1.42. The van der Waals surface area contributed by atoms with Crippen molar-refractivity contribution in [3.05, 3.63) is 70.9 Å². The Morgan fingerprint density at radius 1 is 1.03 bits per heavy atom. The van der Waals surface area contributed by atoms with Gasteiger partial charge in [-0.3, -0.25) is 4.72 Å². The third-order valence-corrected chi connectivity index (χ3v) is 6.33. The van der Waals surface area contributed by atoms with Crippen molar-refractivity contribution in [2.45, 2.75) is 12.7 Å². The van der Waals surface area contributed by atoms with Crippen molar-refractivity contribution in [1.82, 2.24) is 9.97 Å². The molecule has 0 spiro atoms. The monoisotopic (exact) mass is 473 g/mol. The summed E-state index contributed by atoms with van der Waals surface area (Å²) >= 11 is 5.94. The number of nitrogens with one attached hydrogen (secondary N) is 2. The Bertz CT molecular complexity index is 1180. The molecule has 2 aromatic carbocycles. The van der Waals surface area contributed by atoms with Crippen LogP contribution in [0.5, 0.6) is 0 Å². The number of benzene rings is 2. The summed E-state index contributed by atoms with van der Waals surface area (Å²) in [5.74, 6) is 1.18. The Kier molecular flexibility index (Phi) is 6.78. The van der Waals surface area contributed by atoms with Crippen molar-refractivity contribution < 1.29 is 13.2 Å². The Labute approximate surface area is 192 Å². The van der Waals surface area contributed by atoms with Gasteiger partial charge in [-0.15, -0.1) is 0 Å². The zero-order valence-electron chi connectivity index (χ0n) is 17.6. The molecule has 0 bridgehead atoms. The van der Waals surface area contributed by atoms with Crippen LogP contribution in [0.3, 0.4) is 0 Å². The van der Waals surface area contributed by atoms with Crippen LogP contribution in [0.4, 0.5) is 23.1 Å². The van der Waals surface area contributed by atoms with Gasteiger partial charge in [0.15, 0.2) is 0 Å². The van der Waals surface area contributed by atoms with Crippen molar-refractivity contribution in [3.63, 3.8) is 0 Å². The summed E-state index contributed by atoms with van der Waals surface area (Å²) in [6.07, 6.45) is 0. The third-order valence-electron chi connectivity index (χ3n) is 4.84. The first-order valence-electron chi connectivity index (χ1n) is 10.2. The zero-order valence-corrected chi connectivity index (χ0v) is 19.2. The molecule has 1 aliphatic rings. The van der Waals surface area contributed by atoms with Crippen molar-refractivity contribution in [2.24, 2.45) is 0 Å². The molecule has 4 rings (SSSR count). The fourth-order valence-corrected chi connectivity index (χ4v) is 4.77. The molecule has 1 aliphatic heterocycles. The number of hydrogen-bond acceptors (Lipinski definition) is 7. The topological polar surface area (TPSA) is 96.5 Å². The first-order chi connectivity index (χ1) is 15.4. The number of sulfonamides is 1. The van der Waals surface area contributed by atoms with Crippen LogP contribution in [0.2, 0.25) is 5.02 Å². The molecular formula is C22H24ClN5O3S. The van der Waals surface area contributed by atoms with Crippen molar-refractivity contribution in [2.75, 3.05) is 41.2 Å². The maximum absolute atomic E-state index is 12.5. The van der Waals surface area contributed by atoms with E-state index in [0.717, 1.165) is 30.3 Å². The van der Waals surface area contributed by atoms with Gasteiger partial charge in [0.05, 0.1) is 19.0 Å². The summed E-state index contributed by atoms with van der Waals surface area (Å²) in [4.78, 5) is 11.2. The lowest BCUT2D eigenvalue weighted by molar-refractivity contribution is 0.122. The molecule has 0 saturated carbocycles. The van der Waals surface area contributed by atoms with Gasteiger partial charge in [-0.1, -0.05) is 23.7 Å². The van der Waals surface area contributed by atoms with Crippen LogP contribution < -0.4 is 14.9 Å². The predicted molar refractivity (Wildman–Crippen MR) is 127 cm³/mol. The lowest BCUT2D eigenvalue weighted by Crippen LogP contribution is -2.36. The van der Waals surface area contributed by atoms with Crippen molar-refractivity contribution in [1.29, 1.82) is 0 Å². The summed E-state index contributed by atoms with van der Waals surface area (Å²) in [5.41, 5.74) is 2.70. The van der Waals surface area contributed by atoms with Gasteiger partial charge in [-0.2, -0.15) is 4.98 Å². The lowest BCUT2D eigenvalue weighted by Gasteiger charge is -2.28. The number of aromatic nitrogens is 2.